The minimum absolute atomic E-state index is 0.214. The molecule has 22 heavy (non-hydrogen) atoms. The maximum absolute atomic E-state index is 11.9. The van der Waals surface area contributed by atoms with Crippen LogP contribution in [0.15, 0.2) is 24.3 Å². The first kappa shape index (κ1) is 16.5. The van der Waals surface area contributed by atoms with E-state index in [0.29, 0.717) is 12.3 Å². The Morgan fingerprint density at radius 3 is 2.14 bits per heavy atom. The van der Waals surface area contributed by atoms with Crippen LogP contribution in [-0.2, 0) is 31.3 Å². The normalized spacial score (nSPS) is 17.5. The highest BCUT2D eigenvalue weighted by Crippen LogP contribution is 2.39. The number of hydrogen-bond donors (Lipinski definition) is 0. The van der Waals surface area contributed by atoms with Crippen molar-refractivity contribution in [2.45, 2.75) is 52.7 Å². The van der Waals surface area contributed by atoms with Crippen molar-refractivity contribution in [3.8, 4) is 0 Å². The van der Waals surface area contributed by atoms with Gasteiger partial charge >= 0.3 is 11.9 Å². The molecule has 1 heterocycles. The fourth-order valence-corrected chi connectivity index (χ4v) is 2.93. The van der Waals surface area contributed by atoms with Crippen LogP contribution >= 0.6 is 0 Å². The van der Waals surface area contributed by atoms with E-state index < -0.39 is 17.7 Å². The van der Waals surface area contributed by atoms with Crippen LogP contribution in [-0.4, -0.2) is 11.9 Å². The monoisotopic (exact) mass is 304 g/mol. The average Bonchev–Trinajstić information content (AvgIpc) is 2.36. The van der Waals surface area contributed by atoms with Crippen LogP contribution in [0.2, 0.25) is 0 Å². The van der Waals surface area contributed by atoms with Gasteiger partial charge in [0.1, 0.15) is 6.42 Å². The quantitative estimate of drug-likeness (QED) is 0.616. The van der Waals surface area contributed by atoms with Crippen LogP contribution in [0.4, 0.5) is 0 Å². The third-order valence-electron chi connectivity index (χ3n) is 3.58. The smallest absolute Gasteiger partial charge is 0.320 e. The van der Waals surface area contributed by atoms with Crippen LogP contribution in [0, 0.1) is 11.8 Å². The van der Waals surface area contributed by atoms with Gasteiger partial charge in [0.25, 0.3) is 5.79 Å². The number of ether oxygens (including phenoxy) is 2. The van der Waals surface area contributed by atoms with Crippen LogP contribution in [0.3, 0.4) is 0 Å². The van der Waals surface area contributed by atoms with Crippen molar-refractivity contribution in [1.29, 1.82) is 0 Å². The molecule has 0 amide bonds. The summed E-state index contributed by atoms with van der Waals surface area (Å²) in [7, 11) is 0. The highest BCUT2D eigenvalue weighted by Gasteiger charge is 2.46. The van der Waals surface area contributed by atoms with Gasteiger partial charge in [0.2, 0.25) is 0 Å². The van der Waals surface area contributed by atoms with Gasteiger partial charge in [0, 0.05) is 12.0 Å². The Hall–Kier alpha value is -1.84. The highest BCUT2D eigenvalue weighted by molar-refractivity contribution is 5.93. The van der Waals surface area contributed by atoms with E-state index in [9.17, 15) is 9.59 Å². The minimum Gasteiger partial charge on any atom is -0.417 e. The molecule has 0 aliphatic carbocycles. The lowest BCUT2D eigenvalue weighted by Crippen LogP contribution is -2.44. The number of esters is 2. The summed E-state index contributed by atoms with van der Waals surface area (Å²) in [5, 5.41) is 0. The van der Waals surface area contributed by atoms with Gasteiger partial charge < -0.3 is 9.47 Å². The standard InChI is InChI=1S/C18H24O4/c1-12(2)9-14-7-5-6-8-15(14)18(11-13(3)4)21-16(19)10-17(20)22-18/h5-8,12-13H,9-11H2,1-4H3. The molecule has 1 aliphatic heterocycles. The fraction of sp³-hybridized carbons (Fsp3) is 0.556. The first-order valence-electron chi connectivity index (χ1n) is 7.84. The Balaban J connectivity index is 2.50. The number of hydrogen-bond acceptors (Lipinski definition) is 4. The van der Waals surface area contributed by atoms with Crippen molar-refractivity contribution < 1.29 is 19.1 Å². The van der Waals surface area contributed by atoms with E-state index in [2.05, 4.69) is 13.8 Å². The van der Waals surface area contributed by atoms with E-state index in [4.69, 9.17) is 9.47 Å². The second-order valence-electron chi connectivity index (χ2n) is 6.73. The van der Waals surface area contributed by atoms with Crippen molar-refractivity contribution in [3.63, 3.8) is 0 Å². The molecule has 0 bridgehead atoms. The number of carbonyl (C=O) groups is 2. The van der Waals surface area contributed by atoms with Crippen molar-refractivity contribution in [3.05, 3.63) is 35.4 Å². The molecule has 4 heteroatoms. The Morgan fingerprint density at radius 1 is 1.00 bits per heavy atom. The molecule has 0 atom stereocenters. The third kappa shape index (κ3) is 3.67. The van der Waals surface area contributed by atoms with Crippen LogP contribution in [0.5, 0.6) is 0 Å². The van der Waals surface area contributed by atoms with Gasteiger partial charge in [0.05, 0.1) is 0 Å². The SMILES string of the molecule is CC(C)Cc1ccccc1C1(CC(C)C)OC(=O)CC(=O)O1. The summed E-state index contributed by atoms with van der Waals surface area (Å²) in [6.45, 7) is 8.29. The van der Waals surface area contributed by atoms with Gasteiger partial charge in [-0.15, -0.1) is 0 Å². The van der Waals surface area contributed by atoms with Gasteiger partial charge in [-0.2, -0.15) is 0 Å². The lowest BCUT2D eigenvalue weighted by molar-refractivity contribution is -0.255. The molecular formula is C18H24O4. The van der Waals surface area contributed by atoms with Gasteiger partial charge in [0.15, 0.2) is 0 Å². The van der Waals surface area contributed by atoms with Crippen LogP contribution in [0.25, 0.3) is 0 Å². The number of cyclic esters (lactones) is 2. The lowest BCUT2D eigenvalue weighted by atomic mass is 9.88. The molecule has 1 aromatic rings. The van der Waals surface area contributed by atoms with Gasteiger partial charge in [-0.05, 0) is 23.8 Å². The second kappa shape index (κ2) is 6.51. The predicted molar refractivity (Wildman–Crippen MR) is 82.9 cm³/mol. The van der Waals surface area contributed by atoms with Crippen LogP contribution in [0.1, 0.15) is 51.7 Å². The Labute approximate surface area is 131 Å². The predicted octanol–water partition coefficient (Wildman–Crippen LogP) is 3.57. The van der Waals surface area contributed by atoms with E-state index in [0.717, 1.165) is 17.5 Å². The zero-order valence-corrected chi connectivity index (χ0v) is 13.7. The van der Waals surface area contributed by atoms with Crippen molar-refractivity contribution in [2.75, 3.05) is 0 Å². The Bertz CT molecular complexity index is 544. The summed E-state index contributed by atoms with van der Waals surface area (Å²) in [6.07, 6.45) is 0.983. The Morgan fingerprint density at radius 2 is 1.59 bits per heavy atom. The zero-order valence-electron chi connectivity index (χ0n) is 13.7. The zero-order chi connectivity index (χ0) is 16.3. The van der Waals surface area contributed by atoms with Crippen molar-refractivity contribution >= 4 is 11.9 Å². The molecular weight excluding hydrogens is 280 g/mol. The molecule has 1 aliphatic rings. The molecule has 0 unspecified atom stereocenters. The summed E-state index contributed by atoms with van der Waals surface area (Å²) in [5.41, 5.74) is 1.85. The second-order valence-corrected chi connectivity index (χ2v) is 6.73. The maximum atomic E-state index is 11.9. The van der Waals surface area contributed by atoms with E-state index in [1.165, 1.54) is 0 Å². The summed E-state index contributed by atoms with van der Waals surface area (Å²) >= 11 is 0. The fourth-order valence-electron chi connectivity index (χ4n) is 2.93. The molecule has 1 saturated heterocycles. The lowest BCUT2D eigenvalue weighted by Gasteiger charge is -2.38. The van der Waals surface area contributed by atoms with Gasteiger partial charge in [-0.3, -0.25) is 9.59 Å². The summed E-state index contributed by atoms with van der Waals surface area (Å²) in [4.78, 5) is 23.7. The minimum atomic E-state index is -1.29. The molecule has 2 rings (SSSR count). The van der Waals surface area contributed by atoms with E-state index in [1.807, 2.05) is 38.1 Å². The first-order valence-corrected chi connectivity index (χ1v) is 7.84. The largest absolute Gasteiger partial charge is 0.417 e. The van der Waals surface area contributed by atoms with Gasteiger partial charge in [-0.1, -0.05) is 52.0 Å². The topological polar surface area (TPSA) is 52.6 Å². The number of carbonyl (C=O) groups excluding carboxylic acids is 2. The van der Waals surface area contributed by atoms with Crippen LogP contribution < -0.4 is 0 Å². The summed E-state index contributed by atoms with van der Waals surface area (Å²) in [5.74, 6) is -1.66. The average molecular weight is 304 g/mol. The molecule has 0 spiro atoms. The molecule has 0 saturated carbocycles. The molecule has 0 aromatic heterocycles. The molecule has 1 aromatic carbocycles. The highest BCUT2D eigenvalue weighted by atomic mass is 16.7. The third-order valence-corrected chi connectivity index (χ3v) is 3.58. The van der Waals surface area contributed by atoms with Gasteiger partial charge in [-0.25, -0.2) is 0 Å². The molecule has 1 fully saturated rings. The Kier molecular flexibility index (Phi) is 4.89. The molecule has 0 N–H and O–H groups in total. The number of benzene rings is 1. The summed E-state index contributed by atoms with van der Waals surface area (Å²) < 4.78 is 11.2. The van der Waals surface area contributed by atoms with E-state index in [1.54, 1.807) is 0 Å². The summed E-state index contributed by atoms with van der Waals surface area (Å²) in [6, 6.07) is 7.74. The molecule has 4 nitrogen and oxygen atoms in total. The first-order chi connectivity index (χ1) is 10.3. The van der Waals surface area contributed by atoms with Crippen molar-refractivity contribution in [1.82, 2.24) is 0 Å². The molecule has 120 valence electrons. The maximum Gasteiger partial charge on any atom is 0.320 e. The van der Waals surface area contributed by atoms with Crippen molar-refractivity contribution in [2.24, 2.45) is 11.8 Å². The van der Waals surface area contributed by atoms with E-state index in [-0.39, 0.29) is 12.3 Å². The van der Waals surface area contributed by atoms with E-state index >= 15 is 0 Å². The number of rotatable bonds is 5. The molecule has 0 radical (unpaired) electrons.